The van der Waals surface area contributed by atoms with Gasteiger partial charge >= 0.3 is 0 Å². The van der Waals surface area contributed by atoms with Crippen molar-refractivity contribution < 1.29 is 9.94 Å². The van der Waals surface area contributed by atoms with Gasteiger partial charge in [0.25, 0.3) is 0 Å². The van der Waals surface area contributed by atoms with Crippen LogP contribution in [0.4, 0.5) is 0 Å². The van der Waals surface area contributed by atoms with Crippen LogP contribution in [0.5, 0.6) is 5.75 Å². The van der Waals surface area contributed by atoms with Crippen molar-refractivity contribution in [3.63, 3.8) is 0 Å². The topological polar surface area (TPSA) is 59.6 Å². The third kappa shape index (κ3) is 4.49. The fourth-order valence-corrected chi connectivity index (χ4v) is 2.16. The molecule has 0 radical (unpaired) electrons. The maximum Gasteiger partial charge on any atom is 0.119 e. The predicted molar refractivity (Wildman–Crippen MR) is 86.8 cm³/mol. The molecule has 2 rings (SSSR count). The second-order valence-corrected chi connectivity index (χ2v) is 6.15. The molecule has 0 unspecified atom stereocenters. The first-order valence-corrected chi connectivity index (χ1v) is 7.44. The minimum atomic E-state index is -0.286. The Morgan fingerprint density at radius 3 is 2.68 bits per heavy atom. The third-order valence-corrected chi connectivity index (χ3v) is 3.85. The highest BCUT2D eigenvalue weighted by Gasteiger charge is 2.26. The minimum absolute atomic E-state index is 0.286. The fraction of sp³-hybridized carbons (Fsp3) is 0.375. The van der Waals surface area contributed by atoms with E-state index in [0.717, 1.165) is 12.2 Å². The lowest BCUT2D eigenvalue weighted by Gasteiger charge is -2.26. The van der Waals surface area contributed by atoms with E-state index >= 15 is 0 Å². The Balaban J connectivity index is 1.90. The van der Waals surface area contributed by atoms with Gasteiger partial charge in [-0.1, -0.05) is 30.6 Å². The van der Waals surface area contributed by atoms with E-state index in [1.54, 1.807) is 24.7 Å². The standard InChI is InChI=1S/C16H20ClN3O2/c1-16(2,15(19-21)11-20-9-8-18-12-20)7-10-22-14-5-3-13(17)4-6-14/h3-6,8-9,12,21H,7,10-11H2,1-2H3/b19-15-. The maximum absolute atomic E-state index is 9.31. The number of oxime groups is 1. The molecule has 5 nitrogen and oxygen atoms in total. The van der Waals surface area contributed by atoms with E-state index < -0.39 is 0 Å². The third-order valence-electron chi connectivity index (χ3n) is 3.60. The summed E-state index contributed by atoms with van der Waals surface area (Å²) in [7, 11) is 0. The van der Waals surface area contributed by atoms with Gasteiger partial charge in [-0.3, -0.25) is 0 Å². The number of rotatable bonds is 7. The molecule has 0 bridgehead atoms. The summed E-state index contributed by atoms with van der Waals surface area (Å²) in [5.41, 5.74) is 0.399. The molecule has 1 N–H and O–H groups in total. The molecule has 1 aromatic heterocycles. The Morgan fingerprint density at radius 2 is 2.09 bits per heavy atom. The Morgan fingerprint density at radius 1 is 1.36 bits per heavy atom. The average Bonchev–Trinajstić information content (AvgIpc) is 2.99. The van der Waals surface area contributed by atoms with Crippen LogP contribution in [-0.2, 0) is 6.54 Å². The maximum atomic E-state index is 9.31. The van der Waals surface area contributed by atoms with Crippen LogP contribution in [0.3, 0.4) is 0 Å². The number of halogens is 1. The zero-order valence-electron chi connectivity index (χ0n) is 12.7. The second-order valence-electron chi connectivity index (χ2n) is 5.72. The van der Waals surface area contributed by atoms with E-state index in [1.165, 1.54) is 0 Å². The van der Waals surface area contributed by atoms with Crippen molar-refractivity contribution in [3.8, 4) is 5.75 Å². The van der Waals surface area contributed by atoms with Gasteiger partial charge in [-0.25, -0.2) is 4.98 Å². The van der Waals surface area contributed by atoms with Gasteiger partial charge in [-0.2, -0.15) is 0 Å². The quantitative estimate of drug-likeness (QED) is 0.478. The lowest BCUT2D eigenvalue weighted by Crippen LogP contribution is -2.30. The lowest BCUT2D eigenvalue weighted by molar-refractivity contribution is 0.258. The smallest absolute Gasteiger partial charge is 0.119 e. The number of aromatic nitrogens is 2. The summed E-state index contributed by atoms with van der Waals surface area (Å²) in [6.45, 7) is 5.09. The second kappa shape index (κ2) is 7.31. The number of hydrogen-bond donors (Lipinski definition) is 1. The number of benzene rings is 1. The molecule has 22 heavy (non-hydrogen) atoms. The predicted octanol–water partition coefficient (Wildman–Crippen LogP) is 3.86. The molecule has 0 fully saturated rings. The highest BCUT2D eigenvalue weighted by molar-refractivity contribution is 6.30. The first kappa shape index (κ1) is 16.4. The molecular weight excluding hydrogens is 302 g/mol. The van der Waals surface area contributed by atoms with Crippen molar-refractivity contribution >= 4 is 17.3 Å². The van der Waals surface area contributed by atoms with Crippen molar-refractivity contribution in [1.29, 1.82) is 0 Å². The molecule has 0 atom stereocenters. The largest absolute Gasteiger partial charge is 0.494 e. The molecule has 0 amide bonds. The van der Waals surface area contributed by atoms with Crippen LogP contribution >= 0.6 is 11.6 Å². The Bertz CT molecular complexity index is 607. The van der Waals surface area contributed by atoms with Crippen molar-refractivity contribution in [2.24, 2.45) is 10.6 Å². The van der Waals surface area contributed by atoms with Gasteiger partial charge in [0.05, 0.1) is 25.2 Å². The molecular formula is C16H20ClN3O2. The SMILES string of the molecule is CC(C)(CCOc1ccc(Cl)cc1)/C(Cn1ccnc1)=N\O. The summed E-state index contributed by atoms with van der Waals surface area (Å²) in [4.78, 5) is 3.99. The molecule has 118 valence electrons. The molecule has 1 heterocycles. The fourth-order valence-electron chi connectivity index (χ4n) is 2.03. The van der Waals surface area contributed by atoms with Crippen LogP contribution in [0.1, 0.15) is 20.3 Å². The van der Waals surface area contributed by atoms with Crippen LogP contribution in [0.15, 0.2) is 48.1 Å². The van der Waals surface area contributed by atoms with Gasteiger partial charge in [-0.05, 0) is 30.7 Å². The summed E-state index contributed by atoms with van der Waals surface area (Å²) in [6.07, 6.45) is 5.96. The van der Waals surface area contributed by atoms with Gasteiger partial charge in [0.15, 0.2) is 0 Å². The monoisotopic (exact) mass is 321 g/mol. The van der Waals surface area contributed by atoms with E-state index in [4.69, 9.17) is 16.3 Å². The van der Waals surface area contributed by atoms with Crippen LogP contribution in [0.2, 0.25) is 5.02 Å². The molecule has 2 aromatic rings. The first-order valence-electron chi connectivity index (χ1n) is 7.07. The van der Waals surface area contributed by atoms with Crippen LogP contribution < -0.4 is 4.74 Å². The van der Waals surface area contributed by atoms with Gasteiger partial charge in [0.2, 0.25) is 0 Å². The Hall–Kier alpha value is -2.01. The highest BCUT2D eigenvalue weighted by Crippen LogP contribution is 2.25. The normalized spacial score (nSPS) is 12.4. The Labute approximate surface area is 135 Å². The van der Waals surface area contributed by atoms with Crippen LogP contribution in [-0.4, -0.2) is 27.1 Å². The molecule has 0 aliphatic heterocycles. The summed E-state index contributed by atoms with van der Waals surface area (Å²) in [5.74, 6) is 0.775. The molecule has 0 aliphatic carbocycles. The molecule has 1 aromatic carbocycles. The zero-order valence-corrected chi connectivity index (χ0v) is 13.5. The van der Waals surface area contributed by atoms with E-state index in [2.05, 4.69) is 10.1 Å². The minimum Gasteiger partial charge on any atom is -0.494 e. The number of nitrogens with zero attached hydrogens (tertiary/aromatic N) is 3. The van der Waals surface area contributed by atoms with Crippen molar-refractivity contribution in [2.75, 3.05) is 6.61 Å². The molecule has 0 spiro atoms. The Kier molecular flexibility index (Phi) is 5.44. The van der Waals surface area contributed by atoms with Crippen LogP contribution in [0.25, 0.3) is 0 Å². The molecule has 0 aliphatic rings. The number of hydrogen-bond acceptors (Lipinski definition) is 4. The lowest BCUT2D eigenvalue weighted by atomic mass is 9.84. The van der Waals surface area contributed by atoms with E-state index in [9.17, 15) is 5.21 Å². The van der Waals surface area contributed by atoms with E-state index in [1.807, 2.05) is 36.7 Å². The first-order chi connectivity index (χ1) is 10.5. The summed E-state index contributed by atoms with van der Waals surface area (Å²) in [6, 6.07) is 7.26. The van der Waals surface area contributed by atoms with E-state index in [0.29, 0.717) is 23.9 Å². The van der Waals surface area contributed by atoms with Crippen molar-refractivity contribution in [3.05, 3.63) is 48.0 Å². The van der Waals surface area contributed by atoms with Gasteiger partial charge in [-0.15, -0.1) is 0 Å². The zero-order chi connectivity index (χ0) is 16.0. The summed E-state index contributed by atoms with van der Waals surface area (Å²) < 4.78 is 7.58. The van der Waals surface area contributed by atoms with E-state index in [-0.39, 0.29) is 5.41 Å². The van der Waals surface area contributed by atoms with Gasteiger partial charge < -0.3 is 14.5 Å². The van der Waals surface area contributed by atoms with Crippen molar-refractivity contribution in [2.45, 2.75) is 26.8 Å². The van der Waals surface area contributed by atoms with Crippen molar-refractivity contribution in [1.82, 2.24) is 9.55 Å². The average molecular weight is 322 g/mol. The molecule has 0 saturated carbocycles. The van der Waals surface area contributed by atoms with Crippen LogP contribution in [0, 0.1) is 5.41 Å². The molecule has 0 saturated heterocycles. The number of imidazole rings is 1. The van der Waals surface area contributed by atoms with Gasteiger partial charge in [0.1, 0.15) is 5.75 Å². The summed E-state index contributed by atoms with van der Waals surface area (Å²) in [5, 5.41) is 13.5. The van der Waals surface area contributed by atoms with Gasteiger partial charge in [0, 0.05) is 22.8 Å². The molecule has 6 heteroatoms. The highest BCUT2D eigenvalue weighted by atomic mass is 35.5. The summed E-state index contributed by atoms with van der Waals surface area (Å²) >= 11 is 5.84. The number of ether oxygens (including phenoxy) is 1.